The highest BCUT2D eigenvalue weighted by atomic mass is 35.5. The Morgan fingerprint density at radius 1 is 1.08 bits per heavy atom. The molecule has 0 bridgehead atoms. The van der Waals surface area contributed by atoms with Crippen LogP contribution in [0.1, 0.15) is 39.8 Å². The van der Waals surface area contributed by atoms with Crippen molar-refractivity contribution in [2.24, 2.45) is 5.73 Å². The van der Waals surface area contributed by atoms with E-state index in [0.29, 0.717) is 28.6 Å². The summed E-state index contributed by atoms with van der Waals surface area (Å²) in [5.74, 6) is -1.48. The summed E-state index contributed by atoms with van der Waals surface area (Å²) in [5.41, 5.74) is 9.81. The summed E-state index contributed by atoms with van der Waals surface area (Å²) in [6, 6.07) is 15.5. The number of carbonyl (C=O) groups excluding carboxylic acids is 1. The first-order chi connectivity index (χ1) is 18.7. The van der Waals surface area contributed by atoms with Crippen LogP contribution in [0.3, 0.4) is 0 Å². The van der Waals surface area contributed by atoms with Gasteiger partial charge >= 0.3 is 5.97 Å². The van der Waals surface area contributed by atoms with Gasteiger partial charge in [-0.05, 0) is 66.8 Å². The number of nitrogens with zero attached hydrogens (tertiary/aromatic N) is 3. The molecule has 0 fully saturated rings. The summed E-state index contributed by atoms with van der Waals surface area (Å²) in [7, 11) is 0. The molecule has 39 heavy (non-hydrogen) atoms. The first-order valence-corrected chi connectivity index (χ1v) is 13.0. The number of aromatic nitrogens is 3. The van der Waals surface area contributed by atoms with Crippen molar-refractivity contribution in [1.29, 1.82) is 0 Å². The van der Waals surface area contributed by atoms with Gasteiger partial charge in [0, 0.05) is 30.2 Å². The fraction of sp³-hybridized carbons (Fsp3) is 0.276. The maximum absolute atomic E-state index is 13.8. The highest BCUT2D eigenvalue weighted by Gasteiger charge is 2.26. The van der Waals surface area contributed by atoms with Gasteiger partial charge in [-0.15, -0.1) is 10.2 Å². The van der Waals surface area contributed by atoms with Crippen molar-refractivity contribution < 1.29 is 18.3 Å². The molecular weight excluding hydrogens is 524 g/mol. The number of carbonyl (C=O) groups is 1. The van der Waals surface area contributed by atoms with Crippen LogP contribution in [0.5, 0.6) is 0 Å². The van der Waals surface area contributed by atoms with Gasteiger partial charge in [0.2, 0.25) is 0 Å². The second-order valence-corrected chi connectivity index (χ2v) is 9.74. The Balaban J connectivity index is 1.56. The number of halogens is 3. The number of aryl methyl sites for hydroxylation is 2. The van der Waals surface area contributed by atoms with E-state index in [9.17, 15) is 13.6 Å². The Labute approximate surface area is 231 Å². The lowest BCUT2D eigenvalue weighted by Crippen LogP contribution is -2.46. The van der Waals surface area contributed by atoms with Crippen LogP contribution in [-0.2, 0) is 24.1 Å². The minimum Gasteiger partial charge on any atom is -0.456 e. The van der Waals surface area contributed by atoms with Crippen molar-refractivity contribution in [3.05, 3.63) is 112 Å². The number of ether oxygens (including phenoxy) is 1. The smallest absolute Gasteiger partial charge is 0.340 e. The number of hydrogen-bond donors (Lipinski definition) is 2. The fourth-order valence-electron chi connectivity index (χ4n) is 4.34. The zero-order valence-electron chi connectivity index (χ0n) is 21.7. The van der Waals surface area contributed by atoms with E-state index < -0.39 is 29.7 Å². The highest BCUT2D eigenvalue weighted by Crippen LogP contribution is 2.23. The molecule has 1 heterocycles. The van der Waals surface area contributed by atoms with Crippen LogP contribution in [0.4, 0.5) is 8.78 Å². The zero-order valence-corrected chi connectivity index (χ0v) is 22.5. The molecule has 0 spiro atoms. The third kappa shape index (κ3) is 7.47. The van der Waals surface area contributed by atoms with E-state index in [-0.39, 0.29) is 18.5 Å². The molecule has 7 nitrogen and oxygen atoms in total. The molecule has 0 aliphatic heterocycles. The van der Waals surface area contributed by atoms with Crippen LogP contribution in [0.25, 0.3) is 5.69 Å². The molecule has 0 amide bonds. The minimum atomic E-state index is -0.827. The van der Waals surface area contributed by atoms with Gasteiger partial charge in [-0.1, -0.05) is 42.8 Å². The van der Waals surface area contributed by atoms with Crippen molar-refractivity contribution >= 4 is 17.6 Å². The van der Waals surface area contributed by atoms with Gasteiger partial charge in [0.1, 0.15) is 29.9 Å². The molecule has 0 aliphatic carbocycles. The number of nitrogens with one attached hydrogen (secondary N) is 1. The molecule has 10 heteroatoms. The van der Waals surface area contributed by atoms with Gasteiger partial charge in [-0.3, -0.25) is 4.57 Å². The molecule has 2 unspecified atom stereocenters. The molecule has 0 radical (unpaired) electrons. The largest absolute Gasteiger partial charge is 0.456 e. The minimum absolute atomic E-state index is 0.0899. The second kappa shape index (κ2) is 12.9. The van der Waals surface area contributed by atoms with E-state index in [1.54, 1.807) is 23.6 Å². The normalized spacial score (nSPS) is 12.8. The van der Waals surface area contributed by atoms with Crippen LogP contribution in [-0.4, -0.2) is 39.4 Å². The van der Waals surface area contributed by atoms with Gasteiger partial charge in [0.25, 0.3) is 0 Å². The molecule has 0 aliphatic rings. The van der Waals surface area contributed by atoms with Gasteiger partial charge in [0.15, 0.2) is 0 Å². The van der Waals surface area contributed by atoms with Crippen LogP contribution >= 0.6 is 11.6 Å². The fourth-order valence-corrected chi connectivity index (χ4v) is 4.52. The topological polar surface area (TPSA) is 95.1 Å². The number of rotatable bonds is 11. The molecule has 204 valence electrons. The quantitative estimate of drug-likeness (QED) is 0.255. The molecule has 2 atom stereocenters. The Kier molecular flexibility index (Phi) is 9.40. The van der Waals surface area contributed by atoms with Crippen LogP contribution in [0.2, 0.25) is 5.02 Å². The average molecular weight is 554 g/mol. The summed E-state index contributed by atoms with van der Waals surface area (Å²) >= 11 is 6.22. The highest BCUT2D eigenvalue weighted by molar-refractivity contribution is 6.31. The Morgan fingerprint density at radius 2 is 1.82 bits per heavy atom. The van der Waals surface area contributed by atoms with Crippen molar-refractivity contribution in [1.82, 2.24) is 20.1 Å². The SMILES string of the molecule is CCc1cccc(CNCC(OC(=O)c2cc(Cl)ccc2-n2cnnc2C)C(N)Cc2cc(F)cc(F)c2)c1. The summed E-state index contributed by atoms with van der Waals surface area (Å²) < 4.78 is 35.2. The van der Waals surface area contributed by atoms with E-state index in [2.05, 4.69) is 34.6 Å². The predicted octanol–water partition coefficient (Wildman–Crippen LogP) is 4.95. The average Bonchev–Trinajstić information content (AvgIpc) is 3.33. The predicted molar refractivity (Wildman–Crippen MR) is 146 cm³/mol. The maximum atomic E-state index is 13.8. The third-order valence-electron chi connectivity index (χ3n) is 6.36. The summed E-state index contributed by atoms with van der Waals surface area (Å²) in [4.78, 5) is 13.5. The van der Waals surface area contributed by atoms with E-state index >= 15 is 0 Å². The molecule has 4 aromatic rings. The Morgan fingerprint density at radius 3 is 2.51 bits per heavy atom. The monoisotopic (exact) mass is 553 g/mol. The third-order valence-corrected chi connectivity index (χ3v) is 6.60. The molecule has 1 aromatic heterocycles. The second-order valence-electron chi connectivity index (χ2n) is 9.30. The molecule has 3 N–H and O–H groups in total. The number of benzene rings is 3. The first kappa shape index (κ1) is 28.4. The standard InChI is InChI=1S/C29H30ClF2N5O2/c1-3-19-5-4-6-20(9-19)15-34-16-28(26(33)12-21-10-23(31)14-24(32)11-21)39-29(38)25-13-22(30)7-8-27(25)37-17-35-36-18(37)2/h4-11,13-14,17,26,28,34H,3,12,15-16,33H2,1-2H3. The van der Waals surface area contributed by atoms with Crippen molar-refractivity contribution in [2.45, 2.75) is 45.4 Å². The number of esters is 1. The van der Waals surface area contributed by atoms with Gasteiger partial charge in [-0.25, -0.2) is 13.6 Å². The number of hydrogen-bond acceptors (Lipinski definition) is 6. The van der Waals surface area contributed by atoms with Crippen LogP contribution in [0.15, 0.2) is 67.0 Å². The Hall–Kier alpha value is -3.66. The zero-order chi connectivity index (χ0) is 27.9. The maximum Gasteiger partial charge on any atom is 0.340 e. The van der Waals surface area contributed by atoms with E-state index in [1.807, 2.05) is 12.1 Å². The summed E-state index contributed by atoms with van der Waals surface area (Å²) in [5, 5.41) is 11.5. The lowest BCUT2D eigenvalue weighted by atomic mass is 10.0. The van der Waals surface area contributed by atoms with Gasteiger partial charge < -0.3 is 15.8 Å². The summed E-state index contributed by atoms with van der Waals surface area (Å²) in [6.45, 7) is 4.57. The number of nitrogens with two attached hydrogens (primary N) is 1. The lowest BCUT2D eigenvalue weighted by molar-refractivity contribution is 0.0238. The van der Waals surface area contributed by atoms with E-state index in [0.717, 1.165) is 18.1 Å². The Bertz CT molecular complexity index is 1420. The molecule has 4 rings (SSSR count). The van der Waals surface area contributed by atoms with Gasteiger partial charge in [0.05, 0.1) is 11.3 Å². The lowest BCUT2D eigenvalue weighted by Gasteiger charge is -2.25. The van der Waals surface area contributed by atoms with Crippen molar-refractivity contribution in [3.8, 4) is 5.69 Å². The van der Waals surface area contributed by atoms with Crippen LogP contribution < -0.4 is 11.1 Å². The van der Waals surface area contributed by atoms with E-state index in [4.69, 9.17) is 22.1 Å². The van der Waals surface area contributed by atoms with Crippen molar-refractivity contribution in [3.63, 3.8) is 0 Å². The van der Waals surface area contributed by atoms with Crippen LogP contribution in [0, 0.1) is 18.6 Å². The molecule has 0 saturated carbocycles. The molecular formula is C29H30ClF2N5O2. The summed E-state index contributed by atoms with van der Waals surface area (Å²) in [6.07, 6.45) is 1.67. The van der Waals surface area contributed by atoms with Gasteiger partial charge in [-0.2, -0.15) is 0 Å². The molecule has 0 saturated heterocycles. The van der Waals surface area contributed by atoms with Crippen molar-refractivity contribution in [2.75, 3.05) is 6.54 Å². The first-order valence-electron chi connectivity index (χ1n) is 12.6. The molecule has 3 aromatic carbocycles. The van der Waals surface area contributed by atoms with E-state index in [1.165, 1.54) is 30.1 Å².